The van der Waals surface area contributed by atoms with E-state index in [1.807, 2.05) is 7.05 Å². The lowest BCUT2D eigenvalue weighted by atomic mass is 9.81. The summed E-state index contributed by atoms with van der Waals surface area (Å²) in [4.78, 5) is 2.34. The van der Waals surface area contributed by atoms with Crippen LogP contribution in [-0.4, -0.2) is 58.1 Å². The first kappa shape index (κ1) is 15.9. The van der Waals surface area contributed by atoms with Crippen LogP contribution in [0.2, 0.25) is 0 Å². The van der Waals surface area contributed by atoms with Gasteiger partial charge in [0.2, 0.25) is 0 Å². The molecule has 1 heterocycles. The van der Waals surface area contributed by atoms with Crippen LogP contribution in [0.1, 0.15) is 33.1 Å². The van der Waals surface area contributed by atoms with Crippen LogP contribution in [0.25, 0.3) is 0 Å². The molecule has 1 aliphatic rings. The molecule has 1 fully saturated rings. The summed E-state index contributed by atoms with van der Waals surface area (Å²) in [6, 6.07) is 0. The van der Waals surface area contributed by atoms with Gasteiger partial charge in [0.15, 0.2) is 9.84 Å². The van der Waals surface area contributed by atoms with Gasteiger partial charge in [-0.2, -0.15) is 0 Å². The fraction of sp³-hybridized carbons (Fsp3) is 1.00. The van der Waals surface area contributed by atoms with Gasteiger partial charge in [-0.15, -0.1) is 0 Å². The molecule has 0 bridgehead atoms. The lowest BCUT2D eigenvalue weighted by Gasteiger charge is -2.36. The highest BCUT2D eigenvalue weighted by Gasteiger charge is 2.29. The van der Waals surface area contributed by atoms with E-state index in [-0.39, 0.29) is 5.41 Å². The second-order valence-electron chi connectivity index (χ2n) is 5.52. The van der Waals surface area contributed by atoms with Crippen molar-refractivity contribution >= 4 is 9.84 Å². The van der Waals surface area contributed by atoms with E-state index in [0.717, 1.165) is 38.9 Å². The van der Waals surface area contributed by atoms with E-state index in [4.69, 9.17) is 0 Å². The Kier molecular flexibility index (Phi) is 6.08. The van der Waals surface area contributed by atoms with Crippen LogP contribution in [0, 0.1) is 5.41 Å². The molecule has 18 heavy (non-hydrogen) atoms. The van der Waals surface area contributed by atoms with Crippen molar-refractivity contribution in [1.29, 1.82) is 0 Å². The van der Waals surface area contributed by atoms with Gasteiger partial charge in [0, 0.05) is 19.6 Å². The Labute approximate surface area is 112 Å². The zero-order valence-electron chi connectivity index (χ0n) is 12.0. The van der Waals surface area contributed by atoms with Gasteiger partial charge >= 0.3 is 0 Å². The maximum Gasteiger partial charge on any atom is 0.151 e. The Morgan fingerprint density at radius 3 is 2.39 bits per heavy atom. The molecule has 1 saturated heterocycles. The molecule has 0 aromatic carbocycles. The largest absolute Gasteiger partial charge is 0.319 e. The fourth-order valence-corrected chi connectivity index (χ4v) is 4.09. The smallest absolute Gasteiger partial charge is 0.151 e. The van der Waals surface area contributed by atoms with Crippen molar-refractivity contribution in [1.82, 2.24) is 10.2 Å². The monoisotopic (exact) mass is 276 g/mol. The molecule has 0 atom stereocenters. The third-order valence-corrected chi connectivity index (χ3v) is 5.97. The van der Waals surface area contributed by atoms with Gasteiger partial charge in [0.25, 0.3) is 0 Å². The minimum atomic E-state index is -2.79. The first-order valence-electron chi connectivity index (χ1n) is 7.04. The summed E-state index contributed by atoms with van der Waals surface area (Å²) in [5.74, 6) is 0.691. The van der Waals surface area contributed by atoms with Gasteiger partial charge in [-0.25, -0.2) is 8.42 Å². The highest BCUT2D eigenvalue weighted by atomic mass is 32.2. The minimum absolute atomic E-state index is 0.281. The summed E-state index contributed by atoms with van der Waals surface area (Å²) in [6.07, 6.45) is 3.05. The van der Waals surface area contributed by atoms with Crippen molar-refractivity contribution in [2.24, 2.45) is 5.41 Å². The molecule has 5 heteroatoms. The summed E-state index contributed by atoms with van der Waals surface area (Å²) in [5.41, 5.74) is 0.281. The van der Waals surface area contributed by atoms with Crippen LogP contribution in [0.4, 0.5) is 0 Å². The highest BCUT2D eigenvalue weighted by Crippen LogP contribution is 2.27. The molecular formula is C13H28N2O2S. The number of nitrogens with one attached hydrogen (secondary N) is 1. The maximum atomic E-state index is 11.6. The van der Waals surface area contributed by atoms with Gasteiger partial charge < -0.3 is 10.2 Å². The molecule has 0 saturated carbocycles. The van der Waals surface area contributed by atoms with Crippen LogP contribution in [-0.2, 0) is 9.84 Å². The molecule has 0 amide bonds. The Morgan fingerprint density at radius 2 is 1.83 bits per heavy atom. The Morgan fingerprint density at radius 1 is 1.17 bits per heavy atom. The van der Waals surface area contributed by atoms with Crippen molar-refractivity contribution < 1.29 is 8.42 Å². The third kappa shape index (κ3) is 4.52. The Bertz CT molecular complexity index is 337. The SMILES string of the molecule is CCC(CC)(CNC)CN1CCCS(=O)(=O)CC1. The number of sulfone groups is 1. The van der Waals surface area contributed by atoms with Crippen LogP contribution in [0.15, 0.2) is 0 Å². The van der Waals surface area contributed by atoms with Crippen molar-refractivity contribution in [2.45, 2.75) is 33.1 Å². The molecule has 1 N–H and O–H groups in total. The van der Waals surface area contributed by atoms with Crippen LogP contribution < -0.4 is 5.32 Å². The average Bonchev–Trinajstić information content (AvgIpc) is 2.50. The predicted molar refractivity (Wildman–Crippen MR) is 76.7 cm³/mol. The molecule has 0 spiro atoms. The minimum Gasteiger partial charge on any atom is -0.319 e. The van der Waals surface area contributed by atoms with Crippen LogP contribution in [0.5, 0.6) is 0 Å². The Balaban J connectivity index is 2.64. The summed E-state index contributed by atoms with van der Waals surface area (Å²) in [6.45, 7) is 8.10. The second kappa shape index (κ2) is 6.87. The summed E-state index contributed by atoms with van der Waals surface area (Å²) in [7, 11) is -0.798. The molecule has 4 nitrogen and oxygen atoms in total. The first-order valence-corrected chi connectivity index (χ1v) is 8.86. The normalized spacial score (nSPS) is 21.7. The number of rotatable bonds is 6. The van der Waals surface area contributed by atoms with E-state index in [0.29, 0.717) is 18.1 Å². The van der Waals surface area contributed by atoms with Crippen LogP contribution in [0.3, 0.4) is 0 Å². The van der Waals surface area contributed by atoms with Crippen molar-refractivity contribution in [3.63, 3.8) is 0 Å². The van der Waals surface area contributed by atoms with E-state index in [1.165, 1.54) is 0 Å². The molecule has 1 rings (SSSR count). The number of hydrogen-bond donors (Lipinski definition) is 1. The fourth-order valence-electron chi connectivity index (χ4n) is 2.78. The molecule has 0 radical (unpaired) electrons. The summed E-state index contributed by atoms with van der Waals surface area (Å²) >= 11 is 0. The second-order valence-corrected chi connectivity index (χ2v) is 7.82. The first-order chi connectivity index (χ1) is 8.47. The topological polar surface area (TPSA) is 49.4 Å². The summed E-state index contributed by atoms with van der Waals surface area (Å²) < 4.78 is 23.2. The lowest BCUT2D eigenvalue weighted by molar-refractivity contribution is 0.143. The van der Waals surface area contributed by atoms with E-state index < -0.39 is 9.84 Å². The van der Waals surface area contributed by atoms with Gasteiger partial charge in [-0.1, -0.05) is 13.8 Å². The van der Waals surface area contributed by atoms with Gasteiger partial charge in [0.1, 0.15) is 0 Å². The van der Waals surface area contributed by atoms with E-state index >= 15 is 0 Å². The van der Waals surface area contributed by atoms with Crippen molar-refractivity contribution in [3.05, 3.63) is 0 Å². The maximum absolute atomic E-state index is 11.6. The van der Waals surface area contributed by atoms with Crippen molar-refractivity contribution in [3.8, 4) is 0 Å². The predicted octanol–water partition coefficient (Wildman–Crippen LogP) is 1.13. The molecule has 1 aliphatic heterocycles. The van der Waals surface area contributed by atoms with Gasteiger partial charge in [-0.05, 0) is 38.3 Å². The van der Waals surface area contributed by atoms with Crippen LogP contribution >= 0.6 is 0 Å². The Hall–Kier alpha value is -0.130. The molecule has 0 unspecified atom stereocenters. The van der Waals surface area contributed by atoms with E-state index in [9.17, 15) is 8.42 Å². The molecule has 0 aromatic heterocycles. The highest BCUT2D eigenvalue weighted by molar-refractivity contribution is 7.91. The molecule has 0 aliphatic carbocycles. The number of hydrogen-bond acceptors (Lipinski definition) is 4. The third-order valence-electron chi connectivity index (χ3n) is 4.26. The molecule has 0 aromatic rings. The number of nitrogens with zero attached hydrogens (tertiary/aromatic N) is 1. The zero-order valence-corrected chi connectivity index (χ0v) is 12.9. The average molecular weight is 276 g/mol. The van der Waals surface area contributed by atoms with Gasteiger partial charge in [-0.3, -0.25) is 0 Å². The quantitative estimate of drug-likeness (QED) is 0.790. The van der Waals surface area contributed by atoms with Crippen molar-refractivity contribution in [2.75, 3.05) is 44.7 Å². The van der Waals surface area contributed by atoms with Gasteiger partial charge in [0.05, 0.1) is 11.5 Å². The van der Waals surface area contributed by atoms with E-state index in [2.05, 4.69) is 24.1 Å². The van der Waals surface area contributed by atoms with E-state index in [1.54, 1.807) is 0 Å². The summed E-state index contributed by atoms with van der Waals surface area (Å²) in [5, 5.41) is 3.29. The standard InChI is InChI=1S/C13H28N2O2S/c1-4-13(5-2,11-14-3)12-15-7-6-9-18(16,17)10-8-15/h14H,4-12H2,1-3H3. The zero-order chi connectivity index (χ0) is 13.6. The molecule has 108 valence electrons. The molecular weight excluding hydrogens is 248 g/mol. The lowest BCUT2D eigenvalue weighted by Crippen LogP contribution is -2.43.